The van der Waals surface area contributed by atoms with Crippen molar-refractivity contribution in [1.82, 2.24) is 0 Å². The molecule has 0 bridgehead atoms. The summed E-state index contributed by atoms with van der Waals surface area (Å²) in [6.07, 6.45) is 5.86. The summed E-state index contributed by atoms with van der Waals surface area (Å²) in [5.74, 6) is 3.48. The van der Waals surface area contributed by atoms with E-state index < -0.39 is 0 Å². The van der Waals surface area contributed by atoms with Gasteiger partial charge in [-0.25, -0.2) is 0 Å². The Morgan fingerprint density at radius 2 is 2.06 bits per heavy atom. The number of hydrogen-bond acceptors (Lipinski definition) is 3. The van der Waals surface area contributed by atoms with Crippen LogP contribution in [0.25, 0.3) is 0 Å². The molecule has 0 aromatic carbocycles. The minimum atomic E-state index is -0.0954. The van der Waals surface area contributed by atoms with Crippen LogP contribution < -0.4 is 0 Å². The molecule has 16 heavy (non-hydrogen) atoms. The van der Waals surface area contributed by atoms with E-state index in [9.17, 15) is 4.79 Å². The fraction of sp³-hybridized carbons (Fsp3) is 0.923. The average Bonchev–Trinajstić information content (AvgIpc) is 2.39. The molecule has 1 atom stereocenters. The Labute approximate surface area is 103 Å². The predicted molar refractivity (Wildman–Crippen MR) is 67.8 cm³/mol. The van der Waals surface area contributed by atoms with Gasteiger partial charge in [0.25, 0.3) is 0 Å². The maximum Gasteiger partial charge on any atom is 0.165 e. The lowest BCUT2D eigenvalue weighted by atomic mass is 9.78. The number of hydrogen-bond donors (Lipinski definition) is 0. The van der Waals surface area contributed by atoms with Gasteiger partial charge in [0.2, 0.25) is 0 Å². The molecule has 2 aliphatic rings. The molecule has 2 fully saturated rings. The van der Waals surface area contributed by atoms with Gasteiger partial charge in [0.15, 0.2) is 5.78 Å². The number of Topliss-reactive ketones (excluding diaryl/α,β-unsaturated/α-hetero) is 1. The van der Waals surface area contributed by atoms with Crippen molar-refractivity contribution in [3.05, 3.63) is 0 Å². The Morgan fingerprint density at radius 3 is 2.62 bits per heavy atom. The van der Waals surface area contributed by atoms with Crippen molar-refractivity contribution in [2.45, 2.75) is 45.1 Å². The van der Waals surface area contributed by atoms with Gasteiger partial charge in [-0.3, -0.25) is 4.79 Å². The van der Waals surface area contributed by atoms with Crippen molar-refractivity contribution >= 4 is 17.5 Å². The number of rotatable bonds is 3. The number of ketones is 1. The molecule has 1 saturated carbocycles. The monoisotopic (exact) mass is 242 g/mol. The fourth-order valence-corrected chi connectivity index (χ4v) is 3.63. The van der Waals surface area contributed by atoms with Crippen LogP contribution in [0, 0.1) is 11.8 Å². The fourth-order valence-electron chi connectivity index (χ4n) is 2.77. The molecule has 0 N–H and O–H groups in total. The van der Waals surface area contributed by atoms with Gasteiger partial charge >= 0.3 is 0 Å². The third-order valence-electron chi connectivity index (χ3n) is 3.96. The van der Waals surface area contributed by atoms with E-state index in [1.54, 1.807) is 0 Å². The maximum absolute atomic E-state index is 12.2. The first-order chi connectivity index (χ1) is 7.81. The summed E-state index contributed by atoms with van der Waals surface area (Å²) in [6, 6.07) is 0. The number of ether oxygens (including phenoxy) is 1. The molecule has 1 aliphatic heterocycles. The van der Waals surface area contributed by atoms with E-state index in [0.717, 1.165) is 36.9 Å². The predicted octanol–water partition coefficient (Wildman–Crippen LogP) is 2.90. The summed E-state index contributed by atoms with van der Waals surface area (Å²) in [5, 5.41) is 0. The van der Waals surface area contributed by atoms with Gasteiger partial charge in [0.05, 0.1) is 6.61 Å². The van der Waals surface area contributed by atoms with Crippen LogP contribution in [-0.4, -0.2) is 30.0 Å². The highest BCUT2D eigenvalue weighted by molar-refractivity contribution is 7.99. The molecule has 0 spiro atoms. The van der Waals surface area contributed by atoms with E-state index in [1.807, 2.05) is 11.8 Å². The van der Waals surface area contributed by atoms with Crippen LogP contribution in [-0.2, 0) is 9.53 Å². The van der Waals surface area contributed by atoms with E-state index in [0.29, 0.717) is 11.7 Å². The first-order valence-electron chi connectivity index (χ1n) is 6.54. The molecule has 92 valence electrons. The molecule has 0 aromatic heterocycles. The molecule has 0 radical (unpaired) electrons. The van der Waals surface area contributed by atoms with Crippen LogP contribution >= 0.6 is 11.8 Å². The van der Waals surface area contributed by atoms with Gasteiger partial charge in [0, 0.05) is 17.4 Å². The van der Waals surface area contributed by atoms with Gasteiger partial charge in [-0.05, 0) is 31.6 Å². The molecule has 2 rings (SSSR count). The Morgan fingerprint density at radius 1 is 1.31 bits per heavy atom. The Kier molecular flexibility index (Phi) is 4.71. The van der Waals surface area contributed by atoms with Crippen molar-refractivity contribution < 1.29 is 9.53 Å². The zero-order valence-corrected chi connectivity index (χ0v) is 10.9. The van der Waals surface area contributed by atoms with Crippen LogP contribution in [0.1, 0.15) is 39.0 Å². The first-order valence-corrected chi connectivity index (χ1v) is 7.69. The quantitative estimate of drug-likeness (QED) is 0.761. The standard InChI is InChI=1S/C13H22O2S/c1-2-10-3-5-11(6-4-10)13(14)12-9-16-8-7-15-12/h10-12H,2-9H2,1H3. The molecule has 1 saturated heterocycles. The van der Waals surface area contributed by atoms with Crippen LogP contribution in [0.2, 0.25) is 0 Å². The third kappa shape index (κ3) is 3.01. The molecule has 1 aliphatic carbocycles. The molecular weight excluding hydrogens is 220 g/mol. The van der Waals surface area contributed by atoms with Crippen molar-refractivity contribution in [2.24, 2.45) is 11.8 Å². The van der Waals surface area contributed by atoms with Crippen molar-refractivity contribution in [3.63, 3.8) is 0 Å². The second-order valence-electron chi connectivity index (χ2n) is 4.96. The summed E-state index contributed by atoms with van der Waals surface area (Å²) in [5.41, 5.74) is 0. The van der Waals surface area contributed by atoms with Crippen LogP contribution in [0.4, 0.5) is 0 Å². The average molecular weight is 242 g/mol. The normalized spacial score (nSPS) is 35.9. The van der Waals surface area contributed by atoms with Crippen LogP contribution in [0.5, 0.6) is 0 Å². The highest BCUT2D eigenvalue weighted by Gasteiger charge is 2.31. The minimum absolute atomic E-state index is 0.0954. The number of carbonyl (C=O) groups excluding carboxylic acids is 1. The topological polar surface area (TPSA) is 26.3 Å². The summed E-state index contributed by atoms with van der Waals surface area (Å²) in [4.78, 5) is 12.2. The second kappa shape index (κ2) is 6.06. The van der Waals surface area contributed by atoms with E-state index in [4.69, 9.17) is 4.74 Å². The number of thioether (sulfide) groups is 1. The molecular formula is C13H22O2S. The van der Waals surface area contributed by atoms with E-state index in [-0.39, 0.29) is 6.10 Å². The van der Waals surface area contributed by atoms with E-state index in [1.165, 1.54) is 19.3 Å². The molecule has 1 heterocycles. The van der Waals surface area contributed by atoms with Crippen LogP contribution in [0.15, 0.2) is 0 Å². The van der Waals surface area contributed by atoms with Crippen LogP contribution in [0.3, 0.4) is 0 Å². The lowest BCUT2D eigenvalue weighted by Gasteiger charge is -2.30. The summed E-state index contributed by atoms with van der Waals surface area (Å²) in [7, 11) is 0. The molecule has 0 aromatic rings. The molecule has 1 unspecified atom stereocenters. The lowest BCUT2D eigenvalue weighted by molar-refractivity contribution is -0.134. The van der Waals surface area contributed by atoms with Gasteiger partial charge < -0.3 is 4.74 Å². The summed E-state index contributed by atoms with van der Waals surface area (Å²) in [6.45, 7) is 3.01. The molecule has 3 heteroatoms. The lowest BCUT2D eigenvalue weighted by Crippen LogP contribution is -2.37. The largest absolute Gasteiger partial charge is 0.369 e. The van der Waals surface area contributed by atoms with E-state index in [2.05, 4.69) is 6.92 Å². The Balaban J connectivity index is 1.81. The van der Waals surface area contributed by atoms with E-state index >= 15 is 0 Å². The number of carbonyl (C=O) groups is 1. The Hall–Kier alpha value is -0.0200. The smallest absolute Gasteiger partial charge is 0.165 e. The molecule has 2 nitrogen and oxygen atoms in total. The summed E-state index contributed by atoms with van der Waals surface area (Å²) >= 11 is 1.85. The molecule has 0 amide bonds. The Bertz CT molecular complexity index is 228. The highest BCUT2D eigenvalue weighted by Crippen LogP contribution is 2.32. The summed E-state index contributed by atoms with van der Waals surface area (Å²) < 4.78 is 5.58. The van der Waals surface area contributed by atoms with Gasteiger partial charge in [-0.15, -0.1) is 0 Å². The zero-order chi connectivity index (χ0) is 11.4. The SMILES string of the molecule is CCC1CCC(C(=O)C2CSCCO2)CC1. The maximum atomic E-state index is 12.2. The van der Waals surface area contributed by atoms with Gasteiger partial charge in [-0.1, -0.05) is 13.3 Å². The second-order valence-corrected chi connectivity index (χ2v) is 6.11. The minimum Gasteiger partial charge on any atom is -0.369 e. The first kappa shape index (κ1) is 12.4. The van der Waals surface area contributed by atoms with Crippen molar-refractivity contribution in [2.75, 3.05) is 18.1 Å². The third-order valence-corrected chi connectivity index (χ3v) is 4.95. The van der Waals surface area contributed by atoms with Gasteiger partial charge in [-0.2, -0.15) is 11.8 Å². The zero-order valence-electron chi connectivity index (χ0n) is 10.1. The highest BCUT2D eigenvalue weighted by atomic mass is 32.2. The van der Waals surface area contributed by atoms with Crippen molar-refractivity contribution in [3.8, 4) is 0 Å². The van der Waals surface area contributed by atoms with Gasteiger partial charge in [0.1, 0.15) is 6.10 Å². The van der Waals surface area contributed by atoms with Crippen molar-refractivity contribution in [1.29, 1.82) is 0 Å².